The molecule has 0 bridgehead atoms. The fourth-order valence-corrected chi connectivity index (χ4v) is 4.37. The van der Waals surface area contributed by atoms with Crippen LogP contribution in [0.15, 0.2) is 0 Å². The lowest BCUT2D eigenvalue weighted by Crippen LogP contribution is -2.48. The molecule has 3 heteroatoms. The fraction of sp³-hybridized carbons (Fsp3) is 1.00. The molecule has 2 saturated heterocycles. The van der Waals surface area contributed by atoms with E-state index >= 15 is 0 Å². The number of aliphatic hydroxyl groups is 1. The third-order valence-electron chi connectivity index (χ3n) is 5.32. The van der Waals surface area contributed by atoms with Crippen molar-refractivity contribution in [1.82, 2.24) is 10.2 Å². The Hall–Kier alpha value is -0.120. The van der Waals surface area contributed by atoms with Gasteiger partial charge in [-0.3, -0.25) is 4.90 Å². The molecule has 0 aromatic rings. The average Bonchev–Trinajstić information content (AvgIpc) is 2.99. The summed E-state index contributed by atoms with van der Waals surface area (Å²) in [6.07, 6.45) is 9.13. The minimum atomic E-state index is -0.0903. The highest BCUT2D eigenvalue weighted by Gasteiger charge is 2.35. The Morgan fingerprint density at radius 1 is 1.11 bits per heavy atom. The number of piperidine rings is 1. The Morgan fingerprint density at radius 2 is 1.94 bits per heavy atom. The van der Waals surface area contributed by atoms with E-state index in [1.807, 2.05) is 0 Å². The van der Waals surface area contributed by atoms with Gasteiger partial charge in [0.25, 0.3) is 0 Å². The van der Waals surface area contributed by atoms with Crippen molar-refractivity contribution in [2.45, 2.75) is 57.1 Å². The summed E-state index contributed by atoms with van der Waals surface area (Å²) < 4.78 is 0. The van der Waals surface area contributed by atoms with E-state index in [0.29, 0.717) is 6.04 Å². The molecule has 3 aliphatic rings. The third kappa shape index (κ3) is 2.89. The number of nitrogens with one attached hydrogen (secondary N) is 1. The Kier molecular flexibility index (Phi) is 4.22. The molecule has 3 fully saturated rings. The first-order valence-corrected chi connectivity index (χ1v) is 7.96. The van der Waals surface area contributed by atoms with Crippen LogP contribution in [0.25, 0.3) is 0 Å². The molecule has 2 heterocycles. The second-order valence-corrected chi connectivity index (χ2v) is 6.66. The predicted molar refractivity (Wildman–Crippen MR) is 73.5 cm³/mol. The summed E-state index contributed by atoms with van der Waals surface area (Å²) in [5.41, 5.74) is 0. The van der Waals surface area contributed by atoms with E-state index in [-0.39, 0.29) is 6.10 Å². The monoisotopic (exact) mass is 252 g/mol. The molecule has 3 atom stereocenters. The predicted octanol–water partition coefficient (Wildman–Crippen LogP) is 1.61. The summed E-state index contributed by atoms with van der Waals surface area (Å²) in [4.78, 5) is 2.56. The SMILES string of the molecule is OC(CC1CCCC1)CN1CCCC2CNCC21. The Labute approximate surface area is 111 Å². The average molecular weight is 252 g/mol. The van der Waals surface area contributed by atoms with Crippen molar-refractivity contribution in [3.05, 3.63) is 0 Å². The van der Waals surface area contributed by atoms with E-state index in [1.165, 1.54) is 51.6 Å². The van der Waals surface area contributed by atoms with Crippen LogP contribution in [0.5, 0.6) is 0 Å². The van der Waals surface area contributed by atoms with Crippen molar-refractivity contribution in [3.63, 3.8) is 0 Å². The van der Waals surface area contributed by atoms with Gasteiger partial charge < -0.3 is 10.4 Å². The summed E-state index contributed by atoms with van der Waals surface area (Å²) in [5, 5.41) is 13.8. The molecule has 0 spiro atoms. The first-order chi connectivity index (χ1) is 8.83. The lowest BCUT2D eigenvalue weighted by atomic mass is 9.91. The van der Waals surface area contributed by atoms with Crippen LogP contribution < -0.4 is 5.32 Å². The van der Waals surface area contributed by atoms with E-state index < -0.39 is 0 Å². The van der Waals surface area contributed by atoms with E-state index in [4.69, 9.17) is 0 Å². The molecule has 0 amide bonds. The van der Waals surface area contributed by atoms with Crippen molar-refractivity contribution in [2.24, 2.45) is 11.8 Å². The quantitative estimate of drug-likeness (QED) is 0.798. The summed E-state index contributed by atoms with van der Waals surface area (Å²) >= 11 is 0. The summed E-state index contributed by atoms with van der Waals surface area (Å²) in [5.74, 6) is 1.65. The zero-order valence-electron chi connectivity index (χ0n) is 11.5. The zero-order chi connectivity index (χ0) is 12.4. The second-order valence-electron chi connectivity index (χ2n) is 6.66. The number of nitrogens with zero attached hydrogens (tertiary/aromatic N) is 1. The molecule has 3 rings (SSSR count). The molecule has 104 valence electrons. The van der Waals surface area contributed by atoms with Crippen molar-refractivity contribution < 1.29 is 5.11 Å². The molecule has 0 aromatic carbocycles. The minimum Gasteiger partial charge on any atom is -0.392 e. The smallest absolute Gasteiger partial charge is 0.0669 e. The first-order valence-electron chi connectivity index (χ1n) is 7.96. The maximum atomic E-state index is 10.3. The highest BCUT2D eigenvalue weighted by molar-refractivity contribution is 4.92. The van der Waals surface area contributed by atoms with Crippen LogP contribution in [0.1, 0.15) is 44.9 Å². The topological polar surface area (TPSA) is 35.5 Å². The van der Waals surface area contributed by atoms with Gasteiger partial charge in [0.15, 0.2) is 0 Å². The Balaban J connectivity index is 1.48. The highest BCUT2D eigenvalue weighted by atomic mass is 16.3. The Morgan fingerprint density at radius 3 is 2.78 bits per heavy atom. The molecule has 18 heavy (non-hydrogen) atoms. The number of hydrogen-bond donors (Lipinski definition) is 2. The van der Waals surface area contributed by atoms with E-state index in [1.54, 1.807) is 0 Å². The molecular weight excluding hydrogens is 224 g/mol. The molecule has 3 unspecified atom stereocenters. The minimum absolute atomic E-state index is 0.0903. The van der Waals surface area contributed by atoms with E-state index in [0.717, 1.165) is 31.3 Å². The van der Waals surface area contributed by atoms with Gasteiger partial charge in [-0.2, -0.15) is 0 Å². The number of aliphatic hydroxyl groups excluding tert-OH is 1. The molecule has 1 aliphatic carbocycles. The van der Waals surface area contributed by atoms with Crippen molar-refractivity contribution in [2.75, 3.05) is 26.2 Å². The number of likely N-dealkylation sites (tertiary alicyclic amines) is 1. The van der Waals surface area contributed by atoms with Crippen LogP contribution in [0, 0.1) is 11.8 Å². The van der Waals surface area contributed by atoms with Crippen LogP contribution in [0.2, 0.25) is 0 Å². The number of β-amino-alcohol motifs (C(OH)–C–C–N with tert-alkyl or cyclic N) is 1. The van der Waals surface area contributed by atoms with Crippen molar-refractivity contribution >= 4 is 0 Å². The first kappa shape index (κ1) is 12.9. The second kappa shape index (κ2) is 5.89. The molecule has 1 saturated carbocycles. The van der Waals surface area contributed by atoms with Gasteiger partial charge in [0, 0.05) is 19.1 Å². The van der Waals surface area contributed by atoms with Gasteiger partial charge in [0.05, 0.1) is 6.10 Å². The summed E-state index contributed by atoms with van der Waals surface area (Å²) in [6, 6.07) is 0.706. The maximum Gasteiger partial charge on any atom is 0.0669 e. The van der Waals surface area contributed by atoms with E-state index in [9.17, 15) is 5.11 Å². The lowest BCUT2D eigenvalue weighted by Gasteiger charge is -2.38. The van der Waals surface area contributed by atoms with Crippen LogP contribution in [0.3, 0.4) is 0 Å². The molecule has 3 nitrogen and oxygen atoms in total. The van der Waals surface area contributed by atoms with Gasteiger partial charge in [0.2, 0.25) is 0 Å². The number of rotatable bonds is 4. The van der Waals surface area contributed by atoms with Crippen LogP contribution in [-0.2, 0) is 0 Å². The van der Waals surface area contributed by atoms with Crippen LogP contribution >= 0.6 is 0 Å². The van der Waals surface area contributed by atoms with Crippen molar-refractivity contribution in [3.8, 4) is 0 Å². The largest absolute Gasteiger partial charge is 0.392 e. The van der Waals surface area contributed by atoms with Gasteiger partial charge in [-0.15, -0.1) is 0 Å². The normalized spacial score (nSPS) is 35.8. The van der Waals surface area contributed by atoms with Crippen LogP contribution in [0.4, 0.5) is 0 Å². The summed E-state index contributed by atoms with van der Waals surface area (Å²) in [7, 11) is 0. The van der Waals surface area contributed by atoms with Gasteiger partial charge in [-0.25, -0.2) is 0 Å². The van der Waals surface area contributed by atoms with Crippen molar-refractivity contribution in [1.29, 1.82) is 0 Å². The molecule has 0 radical (unpaired) electrons. The summed E-state index contributed by atoms with van der Waals surface area (Å²) in [6.45, 7) is 4.45. The fourth-order valence-electron chi connectivity index (χ4n) is 4.37. The zero-order valence-corrected chi connectivity index (χ0v) is 11.5. The molecule has 2 aliphatic heterocycles. The van der Waals surface area contributed by atoms with E-state index in [2.05, 4.69) is 10.2 Å². The number of fused-ring (bicyclic) bond motifs is 1. The standard InChI is InChI=1S/C15H28N2O/c18-14(8-12-4-1-2-5-12)11-17-7-3-6-13-9-16-10-15(13)17/h12-16,18H,1-11H2. The maximum absolute atomic E-state index is 10.3. The van der Waals surface area contributed by atoms with Crippen LogP contribution in [-0.4, -0.2) is 48.3 Å². The third-order valence-corrected chi connectivity index (χ3v) is 5.32. The van der Waals surface area contributed by atoms with Gasteiger partial charge in [-0.1, -0.05) is 25.7 Å². The Bertz CT molecular complexity index is 265. The number of hydrogen-bond acceptors (Lipinski definition) is 3. The van der Waals surface area contributed by atoms with Gasteiger partial charge in [0.1, 0.15) is 0 Å². The molecule has 2 N–H and O–H groups in total. The molecule has 0 aromatic heterocycles. The van der Waals surface area contributed by atoms with Gasteiger partial charge >= 0.3 is 0 Å². The molecular formula is C15H28N2O. The lowest BCUT2D eigenvalue weighted by molar-refractivity contribution is 0.0459. The van der Waals surface area contributed by atoms with Gasteiger partial charge in [-0.05, 0) is 44.2 Å². The highest BCUT2D eigenvalue weighted by Crippen LogP contribution is 2.30.